The summed E-state index contributed by atoms with van der Waals surface area (Å²) in [4.78, 5) is 26.0. The molecule has 0 spiro atoms. The highest BCUT2D eigenvalue weighted by atomic mass is 79.9. The first-order valence-corrected chi connectivity index (χ1v) is 7.51. The Kier molecular flexibility index (Phi) is 5.70. The second-order valence-corrected chi connectivity index (χ2v) is 5.86. The van der Waals surface area contributed by atoms with Gasteiger partial charge in [0.05, 0.1) is 5.02 Å². The molecule has 1 aromatic carbocycles. The monoisotopic (exact) mass is 405 g/mol. The number of hydrazine groups is 1. The molecule has 2 rings (SSSR count). The molecule has 1 heterocycles. The number of hydrogen-bond donors (Lipinski definition) is 3. The van der Waals surface area contributed by atoms with Gasteiger partial charge in [0.25, 0.3) is 11.8 Å². The average Bonchev–Trinajstić information content (AvgIpc) is 2.90. The Bertz CT molecular complexity index is 706. The molecule has 2 aromatic rings. The van der Waals surface area contributed by atoms with Gasteiger partial charge in [0, 0.05) is 15.7 Å². The van der Waals surface area contributed by atoms with E-state index >= 15 is 0 Å². The smallest absolute Gasteiger partial charge is 0.286 e. The number of aromatic nitrogens is 1. The lowest BCUT2D eigenvalue weighted by Gasteiger charge is -2.09. The van der Waals surface area contributed by atoms with Crippen LogP contribution in [0.5, 0.6) is 5.75 Å². The van der Waals surface area contributed by atoms with Crippen LogP contribution in [0.2, 0.25) is 10.0 Å². The van der Waals surface area contributed by atoms with Crippen LogP contribution in [0.1, 0.15) is 10.5 Å². The molecule has 0 atom stereocenters. The highest BCUT2D eigenvalue weighted by Gasteiger charge is 2.10. The lowest BCUT2D eigenvalue weighted by molar-refractivity contribution is -0.123. The van der Waals surface area contributed by atoms with Crippen LogP contribution in [0, 0.1) is 0 Å². The van der Waals surface area contributed by atoms with E-state index in [1.165, 1.54) is 6.07 Å². The van der Waals surface area contributed by atoms with Gasteiger partial charge in [0.2, 0.25) is 0 Å². The van der Waals surface area contributed by atoms with Crippen molar-refractivity contribution in [2.45, 2.75) is 0 Å². The number of halogens is 3. The summed E-state index contributed by atoms with van der Waals surface area (Å²) >= 11 is 14.9. The van der Waals surface area contributed by atoms with Crippen molar-refractivity contribution in [1.82, 2.24) is 15.8 Å². The third kappa shape index (κ3) is 4.66. The molecular formula is C13H10BrCl2N3O3. The Labute approximate surface area is 144 Å². The first kappa shape index (κ1) is 16.7. The Hall–Kier alpha value is -1.70. The topological polar surface area (TPSA) is 83.2 Å². The van der Waals surface area contributed by atoms with E-state index in [0.29, 0.717) is 21.5 Å². The molecule has 0 aliphatic carbocycles. The number of ether oxygens (including phenoxy) is 1. The molecule has 9 heteroatoms. The molecule has 0 bridgehead atoms. The summed E-state index contributed by atoms with van der Waals surface area (Å²) in [6.07, 6.45) is 1.60. The number of carbonyl (C=O) groups is 2. The zero-order chi connectivity index (χ0) is 16.1. The number of rotatable bonds is 4. The van der Waals surface area contributed by atoms with Gasteiger partial charge >= 0.3 is 0 Å². The van der Waals surface area contributed by atoms with E-state index in [1.54, 1.807) is 24.4 Å². The van der Waals surface area contributed by atoms with Crippen LogP contribution in [0.25, 0.3) is 0 Å². The zero-order valence-electron chi connectivity index (χ0n) is 11.0. The minimum atomic E-state index is -0.537. The standard InChI is InChI=1S/C13H10BrCl2N3O3/c14-7-3-10(17-5-7)13(21)19-18-12(20)6-22-11-2-1-8(15)4-9(11)16/h1-5,17H,6H2,(H,18,20)(H,19,21). The van der Waals surface area contributed by atoms with Crippen LogP contribution >= 0.6 is 39.1 Å². The summed E-state index contributed by atoms with van der Waals surface area (Å²) in [6, 6.07) is 6.21. The molecular weight excluding hydrogens is 397 g/mol. The van der Waals surface area contributed by atoms with Crippen molar-refractivity contribution < 1.29 is 14.3 Å². The molecule has 0 saturated carbocycles. The maximum absolute atomic E-state index is 11.7. The van der Waals surface area contributed by atoms with Gasteiger partial charge in [-0.15, -0.1) is 0 Å². The maximum atomic E-state index is 11.7. The fraction of sp³-hybridized carbons (Fsp3) is 0.0769. The zero-order valence-corrected chi connectivity index (χ0v) is 14.1. The Morgan fingerprint density at radius 1 is 1.23 bits per heavy atom. The minimum absolute atomic E-state index is 0.292. The van der Waals surface area contributed by atoms with Crippen LogP contribution in [-0.2, 0) is 4.79 Å². The first-order valence-electron chi connectivity index (χ1n) is 5.96. The Morgan fingerprint density at radius 3 is 2.64 bits per heavy atom. The van der Waals surface area contributed by atoms with Gasteiger partial charge in [-0.3, -0.25) is 20.4 Å². The van der Waals surface area contributed by atoms with Gasteiger partial charge in [-0.25, -0.2) is 0 Å². The summed E-state index contributed by atoms with van der Waals surface area (Å²) in [6.45, 7) is -0.309. The summed E-state index contributed by atoms with van der Waals surface area (Å²) in [5.74, 6) is -0.700. The van der Waals surface area contributed by atoms with E-state index in [0.717, 1.165) is 4.47 Å². The normalized spacial score (nSPS) is 10.1. The lowest BCUT2D eigenvalue weighted by atomic mass is 10.3. The van der Waals surface area contributed by atoms with Crippen molar-refractivity contribution in [3.8, 4) is 5.75 Å². The third-order valence-electron chi connectivity index (χ3n) is 2.46. The second kappa shape index (κ2) is 7.53. The molecule has 0 aliphatic heterocycles. The van der Waals surface area contributed by atoms with Gasteiger partial charge in [0.1, 0.15) is 11.4 Å². The summed E-state index contributed by atoms with van der Waals surface area (Å²) in [5, 5.41) is 0.756. The molecule has 6 nitrogen and oxygen atoms in total. The van der Waals surface area contributed by atoms with Crippen LogP contribution in [0.3, 0.4) is 0 Å². The van der Waals surface area contributed by atoms with Crippen molar-refractivity contribution in [3.63, 3.8) is 0 Å². The molecule has 3 N–H and O–H groups in total. The van der Waals surface area contributed by atoms with Crippen LogP contribution < -0.4 is 15.6 Å². The minimum Gasteiger partial charge on any atom is -0.482 e. The first-order chi connectivity index (χ1) is 10.5. The molecule has 0 aliphatic rings. The Balaban J connectivity index is 1.79. The van der Waals surface area contributed by atoms with E-state index in [2.05, 4.69) is 31.8 Å². The molecule has 116 valence electrons. The Morgan fingerprint density at radius 2 is 2.00 bits per heavy atom. The third-order valence-corrected chi connectivity index (χ3v) is 3.45. The van der Waals surface area contributed by atoms with Crippen molar-refractivity contribution >= 4 is 50.9 Å². The van der Waals surface area contributed by atoms with Crippen molar-refractivity contribution in [3.05, 3.63) is 50.7 Å². The molecule has 0 saturated heterocycles. The van der Waals surface area contributed by atoms with E-state index in [-0.39, 0.29) is 6.61 Å². The maximum Gasteiger partial charge on any atom is 0.286 e. The van der Waals surface area contributed by atoms with Gasteiger partial charge in [0.15, 0.2) is 6.61 Å². The van der Waals surface area contributed by atoms with Crippen LogP contribution in [0.4, 0.5) is 0 Å². The number of aromatic amines is 1. The quantitative estimate of drug-likeness (QED) is 0.682. The van der Waals surface area contributed by atoms with E-state index in [9.17, 15) is 9.59 Å². The van der Waals surface area contributed by atoms with Gasteiger partial charge in [-0.2, -0.15) is 0 Å². The van der Waals surface area contributed by atoms with Gasteiger partial charge in [-0.1, -0.05) is 23.2 Å². The molecule has 1 aromatic heterocycles. The van der Waals surface area contributed by atoms with E-state index in [4.69, 9.17) is 27.9 Å². The van der Waals surface area contributed by atoms with Gasteiger partial charge < -0.3 is 9.72 Å². The number of hydrogen-bond acceptors (Lipinski definition) is 3. The number of carbonyl (C=O) groups excluding carboxylic acids is 2. The molecule has 0 radical (unpaired) electrons. The van der Waals surface area contributed by atoms with Gasteiger partial charge in [-0.05, 0) is 40.2 Å². The molecule has 0 fully saturated rings. The number of H-pyrrole nitrogens is 1. The van der Waals surface area contributed by atoms with E-state index < -0.39 is 11.8 Å². The molecule has 2 amide bonds. The highest BCUT2D eigenvalue weighted by molar-refractivity contribution is 9.10. The van der Waals surface area contributed by atoms with Crippen molar-refractivity contribution in [2.75, 3.05) is 6.61 Å². The van der Waals surface area contributed by atoms with Crippen molar-refractivity contribution in [2.24, 2.45) is 0 Å². The van der Waals surface area contributed by atoms with Crippen molar-refractivity contribution in [1.29, 1.82) is 0 Å². The average molecular weight is 407 g/mol. The molecule has 0 unspecified atom stereocenters. The summed E-state index contributed by atoms with van der Waals surface area (Å²) < 4.78 is 5.95. The predicted octanol–water partition coefficient (Wildman–Crippen LogP) is 2.92. The lowest BCUT2D eigenvalue weighted by Crippen LogP contribution is -2.43. The number of benzene rings is 1. The van der Waals surface area contributed by atoms with Crippen LogP contribution in [-0.4, -0.2) is 23.4 Å². The van der Waals surface area contributed by atoms with E-state index in [1.807, 2.05) is 0 Å². The number of amides is 2. The second-order valence-electron chi connectivity index (χ2n) is 4.10. The fourth-order valence-corrected chi connectivity index (χ4v) is 2.27. The summed E-state index contributed by atoms with van der Waals surface area (Å²) in [7, 11) is 0. The SMILES string of the molecule is O=C(COc1ccc(Cl)cc1Cl)NNC(=O)c1cc(Br)c[nH]1. The molecule has 22 heavy (non-hydrogen) atoms. The fourth-order valence-electron chi connectivity index (χ4n) is 1.46. The highest BCUT2D eigenvalue weighted by Crippen LogP contribution is 2.27. The largest absolute Gasteiger partial charge is 0.482 e. The summed E-state index contributed by atoms with van der Waals surface area (Å²) in [5.41, 5.74) is 4.77. The van der Waals surface area contributed by atoms with Crippen LogP contribution in [0.15, 0.2) is 34.9 Å². The number of nitrogens with one attached hydrogen (secondary N) is 3. The predicted molar refractivity (Wildman–Crippen MR) is 86.1 cm³/mol.